The number of nitrogens with zero attached hydrogens (tertiary/aromatic N) is 2. The summed E-state index contributed by atoms with van der Waals surface area (Å²) in [5, 5.41) is 11.5. The lowest BCUT2D eigenvalue weighted by molar-refractivity contribution is -0.135. The predicted molar refractivity (Wildman–Crippen MR) is 126 cm³/mol. The molecule has 34 heavy (non-hydrogen) atoms. The first kappa shape index (κ1) is 22.3. The van der Waals surface area contributed by atoms with Crippen molar-refractivity contribution in [1.29, 1.82) is 0 Å². The highest BCUT2D eigenvalue weighted by atomic mass is 19.1. The SMILES string of the molecule is C[C@H]1C2=CNN(c3ccc(F)cc3)C2=CC2=C1[C@@H](C(=O)N(CCO)Cc1ccccc1F)CC2. The molecule has 2 aromatic rings. The fraction of sp³-hybridized carbons (Fsp3) is 0.296. The Labute approximate surface area is 197 Å². The van der Waals surface area contributed by atoms with Gasteiger partial charge in [0.05, 0.1) is 23.9 Å². The molecule has 7 heteroatoms. The first-order valence-corrected chi connectivity index (χ1v) is 11.6. The minimum absolute atomic E-state index is 0.0221. The molecule has 0 fully saturated rings. The van der Waals surface area contributed by atoms with Gasteiger partial charge in [-0.25, -0.2) is 8.78 Å². The molecule has 2 aliphatic carbocycles. The van der Waals surface area contributed by atoms with Crippen LogP contribution in [-0.2, 0) is 11.3 Å². The van der Waals surface area contributed by atoms with Crippen LogP contribution in [0.5, 0.6) is 0 Å². The van der Waals surface area contributed by atoms with Gasteiger partial charge in [-0.15, -0.1) is 0 Å². The Bertz CT molecular complexity index is 1200. The Hall–Kier alpha value is -3.45. The quantitative estimate of drug-likeness (QED) is 0.665. The summed E-state index contributed by atoms with van der Waals surface area (Å²) in [6.07, 6.45) is 5.52. The molecule has 3 aliphatic rings. The standard InChI is InChI=1S/C27H27F2N3O2/c1-17-23-15-30-32(21-9-7-20(28)8-10-21)25(23)14-18-6-11-22(26(17)18)27(34)31(12-13-33)16-19-4-2-3-5-24(19)29/h2-5,7-10,14-15,17,22,30,33H,6,11-13,16H2,1H3/t17-,22-/m0/s1. The molecule has 0 radical (unpaired) electrons. The number of aliphatic hydroxyl groups excluding tert-OH is 1. The number of benzene rings is 2. The van der Waals surface area contributed by atoms with E-state index in [1.807, 2.05) is 11.2 Å². The van der Waals surface area contributed by atoms with Crippen molar-refractivity contribution < 1.29 is 18.7 Å². The van der Waals surface area contributed by atoms with Crippen molar-refractivity contribution in [2.45, 2.75) is 26.3 Å². The molecule has 0 spiro atoms. The normalized spacial score (nSPS) is 21.0. The number of allylic oxidation sites excluding steroid dienone is 3. The Kier molecular flexibility index (Phi) is 5.96. The maximum Gasteiger partial charge on any atom is 0.230 e. The van der Waals surface area contributed by atoms with Gasteiger partial charge in [-0.2, -0.15) is 0 Å². The van der Waals surface area contributed by atoms with Crippen LogP contribution in [0.15, 0.2) is 83.2 Å². The lowest BCUT2D eigenvalue weighted by Gasteiger charge is -2.32. The summed E-state index contributed by atoms with van der Waals surface area (Å²) in [6, 6.07) is 12.7. The first-order valence-electron chi connectivity index (χ1n) is 11.6. The van der Waals surface area contributed by atoms with Gasteiger partial charge in [0, 0.05) is 36.3 Å². The number of carbonyl (C=O) groups is 1. The van der Waals surface area contributed by atoms with Gasteiger partial charge in [0.2, 0.25) is 5.91 Å². The average molecular weight is 464 g/mol. The highest BCUT2D eigenvalue weighted by Crippen LogP contribution is 2.48. The number of rotatable bonds is 6. The van der Waals surface area contributed by atoms with Crippen molar-refractivity contribution in [3.8, 4) is 0 Å². The molecule has 1 heterocycles. The summed E-state index contributed by atoms with van der Waals surface area (Å²) in [6.45, 7) is 2.20. The number of carbonyl (C=O) groups excluding carboxylic acids is 1. The predicted octanol–water partition coefficient (Wildman–Crippen LogP) is 4.43. The molecule has 2 aromatic carbocycles. The lowest BCUT2D eigenvalue weighted by Crippen LogP contribution is -2.39. The van der Waals surface area contributed by atoms with Crippen molar-refractivity contribution >= 4 is 11.6 Å². The van der Waals surface area contributed by atoms with Crippen molar-refractivity contribution in [1.82, 2.24) is 10.3 Å². The molecule has 0 saturated heterocycles. The van der Waals surface area contributed by atoms with Crippen LogP contribution in [0.2, 0.25) is 0 Å². The van der Waals surface area contributed by atoms with Gasteiger partial charge < -0.3 is 15.4 Å². The van der Waals surface area contributed by atoms with Crippen LogP contribution >= 0.6 is 0 Å². The third-order valence-corrected chi connectivity index (χ3v) is 6.96. The van der Waals surface area contributed by atoms with Gasteiger partial charge in [0.15, 0.2) is 0 Å². The third kappa shape index (κ3) is 3.90. The topological polar surface area (TPSA) is 55.8 Å². The molecule has 0 bridgehead atoms. The first-order chi connectivity index (χ1) is 16.5. The zero-order valence-corrected chi connectivity index (χ0v) is 19.0. The molecular formula is C27H27F2N3O2. The van der Waals surface area contributed by atoms with Crippen molar-refractivity contribution in [2.24, 2.45) is 11.8 Å². The summed E-state index contributed by atoms with van der Waals surface area (Å²) in [4.78, 5) is 15.2. The van der Waals surface area contributed by atoms with Crippen molar-refractivity contribution in [3.63, 3.8) is 0 Å². The van der Waals surface area contributed by atoms with E-state index in [2.05, 4.69) is 18.4 Å². The van der Waals surface area contributed by atoms with Crippen LogP contribution < -0.4 is 10.4 Å². The highest BCUT2D eigenvalue weighted by Gasteiger charge is 2.41. The van der Waals surface area contributed by atoms with E-state index in [9.17, 15) is 18.7 Å². The minimum Gasteiger partial charge on any atom is -0.395 e. The van der Waals surface area contributed by atoms with E-state index < -0.39 is 0 Å². The zero-order chi connectivity index (χ0) is 23.8. The maximum absolute atomic E-state index is 14.2. The Balaban J connectivity index is 1.42. The smallest absolute Gasteiger partial charge is 0.230 e. The summed E-state index contributed by atoms with van der Waals surface area (Å²) >= 11 is 0. The Morgan fingerprint density at radius 2 is 1.94 bits per heavy atom. The second kappa shape index (κ2) is 9.06. The molecule has 0 saturated carbocycles. The second-order valence-electron chi connectivity index (χ2n) is 8.94. The number of hydrogen-bond acceptors (Lipinski definition) is 4. The van der Waals surface area contributed by atoms with Crippen molar-refractivity contribution in [2.75, 3.05) is 18.2 Å². The van der Waals surface area contributed by atoms with Gasteiger partial charge in [-0.3, -0.25) is 9.80 Å². The number of fused-ring (bicyclic) bond motifs is 1. The lowest BCUT2D eigenvalue weighted by atomic mass is 9.80. The summed E-state index contributed by atoms with van der Waals surface area (Å²) in [5.41, 5.74) is 8.85. The van der Waals surface area contributed by atoms with Gasteiger partial charge in [-0.05, 0) is 60.4 Å². The van der Waals surface area contributed by atoms with Crippen LogP contribution in [0, 0.1) is 23.5 Å². The van der Waals surface area contributed by atoms with Crippen molar-refractivity contribution in [3.05, 3.63) is 100 Å². The van der Waals surface area contributed by atoms with E-state index in [0.29, 0.717) is 12.0 Å². The van der Waals surface area contributed by atoms with E-state index in [0.717, 1.165) is 34.5 Å². The minimum atomic E-state index is -0.355. The molecule has 2 N–H and O–H groups in total. The van der Waals surface area contributed by atoms with Gasteiger partial charge >= 0.3 is 0 Å². The van der Waals surface area contributed by atoms with Crippen LogP contribution in [0.1, 0.15) is 25.3 Å². The van der Waals surface area contributed by atoms with Crippen LogP contribution in [-0.4, -0.2) is 29.1 Å². The van der Waals surface area contributed by atoms with E-state index in [1.54, 1.807) is 35.2 Å². The number of aliphatic hydroxyl groups is 1. The van der Waals surface area contributed by atoms with Gasteiger partial charge in [0.25, 0.3) is 0 Å². The Morgan fingerprint density at radius 3 is 2.68 bits per heavy atom. The number of anilines is 1. The fourth-order valence-corrected chi connectivity index (χ4v) is 5.29. The van der Waals surface area contributed by atoms with E-state index in [4.69, 9.17) is 0 Å². The van der Waals surface area contributed by atoms with Crippen LogP contribution in [0.4, 0.5) is 14.5 Å². The molecule has 0 unspecified atom stereocenters. The highest BCUT2D eigenvalue weighted by molar-refractivity contribution is 5.84. The number of hydrogen-bond donors (Lipinski definition) is 2. The summed E-state index contributed by atoms with van der Waals surface area (Å²) in [7, 11) is 0. The Morgan fingerprint density at radius 1 is 1.18 bits per heavy atom. The fourth-order valence-electron chi connectivity index (χ4n) is 5.29. The van der Waals surface area contributed by atoms with Gasteiger partial charge in [0.1, 0.15) is 11.6 Å². The van der Waals surface area contributed by atoms with E-state index in [1.165, 1.54) is 18.2 Å². The molecule has 5 nitrogen and oxygen atoms in total. The monoisotopic (exact) mass is 463 g/mol. The molecule has 1 aliphatic heterocycles. The van der Waals surface area contributed by atoms with Crippen LogP contribution in [0.3, 0.4) is 0 Å². The van der Waals surface area contributed by atoms with Crippen LogP contribution in [0.25, 0.3) is 0 Å². The summed E-state index contributed by atoms with van der Waals surface area (Å²) < 4.78 is 27.6. The largest absolute Gasteiger partial charge is 0.395 e. The molecule has 176 valence electrons. The number of nitrogens with one attached hydrogen (secondary N) is 1. The average Bonchev–Trinajstić information content (AvgIpc) is 3.45. The molecule has 1 amide bonds. The van der Waals surface area contributed by atoms with Gasteiger partial charge in [-0.1, -0.05) is 25.1 Å². The second-order valence-corrected chi connectivity index (χ2v) is 8.94. The third-order valence-electron chi connectivity index (χ3n) is 6.96. The van der Waals surface area contributed by atoms with E-state index >= 15 is 0 Å². The number of amides is 1. The molecule has 5 rings (SSSR count). The number of halogens is 2. The van der Waals surface area contributed by atoms with E-state index in [-0.39, 0.29) is 49.1 Å². The maximum atomic E-state index is 14.2. The molecular weight excluding hydrogens is 436 g/mol. The zero-order valence-electron chi connectivity index (χ0n) is 19.0. The molecule has 2 atom stereocenters. The number of hydrazine groups is 1. The summed E-state index contributed by atoms with van der Waals surface area (Å²) in [5.74, 6) is -0.998. The molecule has 0 aromatic heterocycles.